The van der Waals surface area contributed by atoms with Crippen molar-refractivity contribution in [1.29, 1.82) is 0 Å². The van der Waals surface area contributed by atoms with Gasteiger partial charge < -0.3 is 34.5 Å². The molecule has 141 valence electrons. The Morgan fingerprint density at radius 2 is 1.42 bits per heavy atom. The number of hydrogen-bond acceptors (Lipinski definition) is 7. The third-order valence-electron chi connectivity index (χ3n) is 3.62. The van der Waals surface area contributed by atoms with Gasteiger partial charge >= 0.3 is 15.2 Å². The molecule has 0 aromatic carbocycles. The van der Waals surface area contributed by atoms with Gasteiger partial charge in [-0.15, -0.1) is 0 Å². The van der Waals surface area contributed by atoms with Crippen LogP contribution in [-0.4, -0.2) is 72.8 Å². The number of aromatic nitrogens is 2. The van der Waals surface area contributed by atoms with E-state index in [1.807, 2.05) is 11.9 Å². The summed E-state index contributed by atoms with van der Waals surface area (Å²) in [4.78, 5) is 48.3. The second-order valence-corrected chi connectivity index (χ2v) is 9.11. The van der Waals surface area contributed by atoms with E-state index < -0.39 is 25.8 Å². The summed E-state index contributed by atoms with van der Waals surface area (Å²) in [6.07, 6.45) is 1.64. The minimum absolute atomic E-state index is 0. The molecule has 1 aliphatic heterocycles. The minimum atomic E-state index is -5.59. The maximum atomic E-state index is 11.4. The molecule has 11 nitrogen and oxygen atoms in total. The van der Waals surface area contributed by atoms with Gasteiger partial charge in [0.05, 0.1) is 0 Å². The molecule has 24 heavy (non-hydrogen) atoms. The Hall–Kier alpha value is -0.381. The summed E-state index contributed by atoms with van der Waals surface area (Å²) in [6.45, 7) is 2.83. The molecule has 5 N–H and O–H groups in total. The van der Waals surface area contributed by atoms with Crippen LogP contribution >= 0.6 is 15.2 Å². The first-order valence-corrected chi connectivity index (χ1v) is 9.79. The van der Waals surface area contributed by atoms with Crippen LogP contribution in [0.3, 0.4) is 0 Å². The Balaban J connectivity index is 0.00000288. The summed E-state index contributed by atoms with van der Waals surface area (Å²) < 4.78 is 22.8. The van der Waals surface area contributed by atoms with Crippen molar-refractivity contribution in [2.45, 2.75) is 5.08 Å². The van der Waals surface area contributed by atoms with Crippen LogP contribution in [0.2, 0.25) is 0 Å². The second-order valence-electron chi connectivity index (χ2n) is 5.29. The van der Waals surface area contributed by atoms with Crippen LogP contribution in [0.5, 0.6) is 0 Å². The van der Waals surface area contributed by atoms with Gasteiger partial charge in [0, 0.05) is 61.2 Å². The summed E-state index contributed by atoms with van der Waals surface area (Å²) in [7, 11) is -9.23. The van der Waals surface area contributed by atoms with Gasteiger partial charge in [0.2, 0.25) is 5.95 Å². The van der Waals surface area contributed by atoms with Gasteiger partial charge in [-0.25, -0.2) is 9.97 Å². The molecule has 1 saturated heterocycles. The molecular weight excluding hydrogens is 414 g/mol. The SMILES string of the molecule is CN1CCN(c2ncc(C(O)(P(=O)(O)O)P(=O)(O)O)cn2)CC1.[Cu]. The molecule has 1 radical (unpaired) electrons. The van der Waals surface area contributed by atoms with E-state index in [2.05, 4.69) is 14.9 Å². The molecule has 0 atom stereocenters. The normalized spacial score (nSPS) is 17.5. The molecule has 1 fully saturated rings. The fraction of sp³-hybridized carbons (Fsp3) is 0.600. The van der Waals surface area contributed by atoms with E-state index in [1.165, 1.54) is 0 Å². The number of rotatable bonds is 4. The summed E-state index contributed by atoms with van der Waals surface area (Å²) in [5, 5.41) is 6.30. The van der Waals surface area contributed by atoms with E-state index in [9.17, 15) is 33.8 Å². The Morgan fingerprint density at radius 3 is 1.79 bits per heavy atom. The van der Waals surface area contributed by atoms with E-state index >= 15 is 0 Å². The Morgan fingerprint density at radius 1 is 1.00 bits per heavy atom. The van der Waals surface area contributed by atoms with Gasteiger partial charge in [-0.3, -0.25) is 9.13 Å². The summed E-state index contributed by atoms with van der Waals surface area (Å²) in [6, 6.07) is 0. The first kappa shape index (κ1) is 21.7. The molecule has 0 amide bonds. The first-order valence-electron chi connectivity index (χ1n) is 6.56. The van der Waals surface area contributed by atoms with Gasteiger partial charge in [-0.2, -0.15) is 0 Å². The second kappa shape index (κ2) is 7.47. The standard InChI is InChI=1S/C10H18N4O7P2.Cu/c1-13-2-4-14(5-3-13)9-11-6-8(7-12-9)10(15,22(16,17)18)23(19,20)21;/h6-7,15H,2-5H2,1H3,(H2,16,17,18)(H2,19,20,21);. The summed E-state index contributed by atoms with van der Waals surface area (Å²) in [5.74, 6) is 0.251. The molecule has 0 unspecified atom stereocenters. The zero-order valence-corrected chi connectivity index (χ0v) is 15.3. The Bertz CT molecular complexity index is 634. The molecule has 0 saturated carbocycles. The molecule has 2 rings (SSSR count). The zero-order chi connectivity index (χ0) is 17.5. The molecule has 1 aliphatic rings. The van der Waals surface area contributed by atoms with Crippen LogP contribution in [-0.2, 0) is 31.3 Å². The van der Waals surface area contributed by atoms with Crippen molar-refractivity contribution in [3.05, 3.63) is 18.0 Å². The van der Waals surface area contributed by atoms with Gasteiger partial charge in [0.15, 0.2) is 0 Å². The predicted octanol–water partition coefficient (Wildman–Crippen LogP) is -1.32. The fourth-order valence-electron chi connectivity index (χ4n) is 2.17. The zero-order valence-electron chi connectivity index (χ0n) is 12.5. The van der Waals surface area contributed by atoms with Crippen molar-refractivity contribution >= 4 is 21.1 Å². The summed E-state index contributed by atoms with van der Waals surface area (Å²) in [5.41, 5.74) is -0.739. The molecular formula is C10H18CuN4O7P2. The van der Waals surface area contributed by atoms with Crippen molar-refractivity contribution in [1.82, 2.24) is 14.9 Å². The predicted molar refractivity (Wildman–Crippen MR) is 79.7 cm³/mol. The number of nitrogens with zero attached hydrogens (tertiary/aromatic N) is 4. The van der Waals surface area contributed by atoms with Gasteiger partial charge in [0.25, 0.3) is 5.08 Å². The smallest absolute Gasteiger partial charge is 0.364 e. The van der Waals surface area contributed by atoms with Crippen molar-refractivity contribution < 1.29 is 50.9 Å². The van der Waals surface area contributed by atoms with Gasteiger partial charge in [0.1, 0.15) is 0 Å². The number of hydrogen-bond donors (Lipinski definition) is 5. The van der Waals surface area contributed by atoms with Crippen LogP contribution in [0.4, 0.5) is 5.95 Å². The van der Waals surface area contributed by atoms with E-state index in [1.54, 1.807) is 0 Å². The minimum Gasteiger partial charge on any atom is -0.364 e. The van der Waals surface area contributed by atoms with Crippen molar-refractivity contribution in [3.63, 3.8) is 0 Å². The Kier molecular flexibility index (Phi) is 6.74. The molecule has 1 aromatic heterocycles. The molecule has 0 bridgehead atoms. The molecule has 0 spiro atoms. The van der Waals surface area contributed by atoms with Crippen LogP contribution in [0.15, 0.2) is 12.4 Å². The number of anilines is 1. The van der Waals surface area contributed by atoms with Crippen LogP contribution in [0, 0.1) is 0 Å². The molecule has 14 heteroatoms. The van der Waals surface area contributed by atoms with E-state index in [0.717, 1.165) is 25.5 Å². The maximum Gasteiger partial charge on any atom is 0.374 e. The number of piperazine rings is 1. The average molecular weight is 432 g/mol. The van der Waals surface area contributed by atoms with Crippen molar-refractivity contribution in [3.8, 4) is 0 Å². The molecule has 2 heterocycles. The fourth-order valence-corrected chi connectivity index (χ4v) is 4.43. The Labute approximate surface area is 148 Å². The van der Waals surface area contributed by atoms with Crippen molar-refractivity contribution in [2.75, 3.05) is 38.1 Å². The molecule has 0 aliphatic carbocycles. The maximum absolute atomic E-state index is 11.4. The van der Waals surface area contributed by atoms with Gasteiger partial charge in [-0.1, -0.05) is 0 Å². The van der Waals surface area contributed by atoms with Crippen LogP contribution in [0.25, 0.3) is 0 Å². The van der Waals surface area contributed by atoms with E-state index in [4.69, 9.17) is 0 Å². The van der Waals surface area contributed by atoms with Crippen LogP contribution in [0.1, 0.15) is 5.56 Å². The quantitative estimate of drug-likeness (QED) is 0.283. The van der Waals surface area contributed by atoms with Gasteiger partial charge in [-0.05, 0) is 7.05 Å². The number of likely N-dealkylation sites (N-methyl/N-ethyl adjacent to an activating group) is 1. The van der Waals surface area contributed by atoms with E-state index in [-0.39, 0.29) is 23.0 Å². The van der Waals surface area contributed by atoms with Crippen LogP contribution < -0.4 is 4.90 Å². The largest absolute Gasteiger partial charge is 0.374 e. The number of aliphatic hydroxyl groups is 1. The first-order chi connectivity index (χ1) is 10.5. The topological polar surface area (TPSA) is 168 Å². The summed E-state index contributed by atoms with van der Waals surface area (Å²) >= 11 is 0. The monoisotopic (exact) mass is 431 g/mol. The average Bonchev–Trinajstić information content (AvgIpc) is 2.45. The third kappa shape index (κ3) is 4.05. The molecule has 1 aromatic rings. The van der Waals surface area contributed by atoms with Crippen molar-refractivity contribution in [2.24, 2.45) is 0 Å². The third-order valence-corrected chi connectivity index (χ3v) is 7.33. The van der Waals surface area contributed by atoms with E-state index in [0.29, 0.717) is 13.1 Å².